The molecule has 2 aromatic heterocycles. The maximum Gasteiger partial charge on any atom is 0.327 e. The molecule has 0 radical (unpaired) electrons. The summed E-state index contributed by atoms with van der Waals surface area (Å²) >= 11 is 3.41. The van der Waals surface area contributed by atoms with E-state index < -0.39 is 11.2 Å². The Hall–Kier alpha value is -3.19. The summed E-state index contributed by atoms with van der Waals surface area (Å²) < 4.78 is 0.925. The Kier molecular flexibility index (Phi) is 4.16. The number of nitrogens with one attached hydrogen (secondary N) is 2. The first-order valence-electron chi connectivity index (χ1n) is 8.23. The summed E-state index contributed by atoms with van der Waals surface area (Å²) in [5.41, 5.74) is 9.64. The van der Waals surface area contributed by atoms with Gasteiger partial charge in [0.25, 0.3) is 5.56 Å². The molecule has 0 aliphatic carbocycles. The van der Waals surface area contributed by atoms with Gasteiger partial charge in [-0.2, -0.15) is 0 Å². The van der Waals surface area contributed by atoms with Crippen molar-refractivity contribution in [3.63, 3.8) is 0 Å². The molecule has 6 nitrogen and oxygen atoms in total. The summed E-state index contributed by atoms with van der Waals surface area (Å²) in [7, 11) is 0. The Morgan fingerprint density at radius 1 is 0.926 bits per heavy atom. The van der Waals surface area contributed by atoms with E-state index in [4.69, 9.17) is 5.73 Å². The lowest BCUT2D eigenvalue weighted by Crippen LogP contribution is -2.23. The van der Waals surface area contributed by atoms with Crippen molar-refractivity contribution in [3.05, 3.63) is 79.4 Å². The molecule has 0 aliphatic heterocycles. The first-order valence-corrected chi connectivity index (χ1v) is 9.02. The zero-order chi connectivity index (χ0) is 19.1. The van der Waals surface area contributed by atoms with Crippen molar-refractivity contribution in [3.8, 4) is 22.4 Å². The van der Waals surface area contributed by atoms with Gasteiger partial charge in [0, 0.05) is 15.6 Å². The van der Waals surface area contributed by atoms with E-state index in [1.165, 1.54) is 0 Å². The van der Waals surface area contributed by atoms with Gasteiger partial charge in [-0.05, 0) is 24.6 Å². The molecule has 2 aromatic carbocycles. The van der Waals surface area contributed by atoms with E-state index in [0.717, 1.165) is 21.2 Å². The number of aryl methyl sites for hydroxylation is 1. The van der Waals surface area contributed by atoms with Gasteiger partial charge in [-0.3, -0.25) is 14.8 Å². The van der Waals surface area contributed by atoms with Crippen molar-refractivity contribution in [2.75, 3.05) is 5.73 Å². The topological polar surface area (TPSA) is 105 Å². The lowest BCUT2D eigenvalue weighted by Gasteiger charge is -2.14. The SMILES string of the molecule is Cc1ccc(-c2c(N)c(-c3ccc(Br)cc3)nc3[nH]c(=O)[nH]c(=O)c23)cc1. The van der Waals surface area contributed by atoms with Gasteiger partial charge in [0.1, 0.15) is 5.65 Å². The fourth-order valence-electron chi connectivity index (χ4n) is 3.06. The number of benzene rings is 2. The number of fused-ring (bicyclic) bond motifs is 1. The highest BCUT2D eigenvalue weighted by Gasteiger charge is 2.19. The van der Waals surface area contributed by atoms with E-state index in [9.17, 15) is 9.59 Å². The summed E-state index contributed by atoms with van der Waals surface area (Å²) in [6, 6.07) is 15.2. The van der Waals surface area contributed by atoms with Crippen LogP contribution in [0.15, 0.2) is 62.6 Å². The molecule has 0 unspecified atom stereocenters. The fraction of sp³-hybridized carbons (Fsp3) is 0.0500. The van der Waals surface area contributed by atoms with Crippen LogP contribution in [0.4, 0.5) is 5.69 Å². The number of nitrogen functional groups attached to an aromatic ring is 1. The number of H-pyrrole nitrogens is 2. The van der Waals surface area contributed by atoms with Gasteiger partial charge in [-0.1, -0.05) is 57.9 Å². The summed E-state index contributed by atoms with van der Waals surface area (Å²) in [4.78, 5) is 33.7. The molecule has 0 amide bonds. The van der Waals surface area contributed by atoms with Crippen LogP contribution in [0.3, 0.4) is 0 Å². The number of nitrogens with two attached hydrogens (primary N) is 1. The van der Waals surface area contributed by atoms with Crippen LogP contribution in [0.5, 0.6) is 0 Å². The largest absolute Gasteiger partial charge is 0.396 e. The first kappa shape index (κ1) is 17.2. The summed E-state index contributed by atoms with van der Waals surface area (Å²) in [6.45, 7) is 1.98. The highest BCUT2D eigenvalue weighted by atomic mass is 79.9. The van der Waals surface area contributed by atoms with Gasteiger partial charge in [0.05, 0.1) is 16.8 Å². The molecule has 0 saturated carbocycles. The number of aromatic amines is 2. The molecule has 0 spiro atoms. The Morgan fingerprint density at radius 3 is 2.22 bits per heavy atom. The van der Waals surface area contributed by atoms with Gasteiger partial charge in [-0.25, -0.2) is 9.78 Å². The third kappa shape index (κ3) is 3.06. The zero-order valence-electron chi connectivity index (χ0n) is 14.3. The van der Waals surface area contributed by atoms with Gasteiger partial charge < -0.3 is 5.73 Å². The number of aromatic nitrogens is 3. The molecular weight excluding hydrogens is 408 g/mol. The summed E-state index contributed by atoms with van der Waals surface area (Å²) in [6.07, 6.45) is 0. The summed E-state index contributed by atoms with van der Waals surface area (Å²) in [5, 5.41) is 0.261. The molecule has 2 heterocycles. The normalized spacial score (nSPS) is 11.0. The van der Waals surface area contributed by atoms with Crippen LogP contribution in [-0.4, -0.2) is 15.0 Å². The Morgan fingerprint density at radius 2 is 1.56 bits per heavy atom. The molecular formula is C20H15BrN4O2. The van der Waals surface area contributed by atoms with Crippen LogP contribution in [-0.2, 0) is 0 Å². The van der Waals surface area contributed by atoms with E-state index in [1.54, 1.807) is 0 Å². The van der Waals surface area contributed by atoms with Gasteiger partial charge in [0.15, 0.2) is 0 Å². The molecule has 0 aliphatic rings. The van der Waals surface area contributed by atoms with Crippen molar-refractivity contribution < 1.29 is 0 Å². The number of rotatable bonds is 2. The Balaban J connectivity index is 2.14. The molecule has 0 fully saturated rings. The average molecular weight is 423 g/mol. The minimum Gasteiger partial charge on any atom is -0.396 e. The minimum atomic E-state index is -0.610. The molecule has 7 heteroatoms. The van der Waals surface area contributed by atoms with E-state index in [2.05, 4.69) is 30.9 Å². The van der Waals surface area contributed by atoms with Crippen LogP contribution in [0.25, 0.3) is 33.4 Å². The minimum absolute atomic E-state index is 0.200. The second-order valence-electron chi connectivity index (χ2n) is 6.25. The van der Waals surface area contributed by atoms with Gasteiger partial charge >= 0.3 is 5.69 Å². The third-order valence-corrected chi connectivity index (χ3v) is 4.91. The maximum atomic E-state index is 12.5. The third-order valence-electron chi connectivity index (χ3n) is 4.38. The van der Waals surface area contributed by atoms with Crippen molar-refractivity contribution in [2.45, 2.75) is 6.92 Å². The molecule has 4 aromatic rings. The van der Waals surface area contributed by atoms with E-state index in [1.807, 2.05) is 55.5 Å². The second kappa shape index (κ2) is 6.51. The quantitative estimate of drug-likeness (QED) is 0.458. The average Bonchev–Trinajstić information content (AvgIpc) is 2.63. The predicted octanol–water partition coefficient (Wildman–Crippen LogP) is 3.60. The highest BCUT2D eigenvalue weighted by molar-refractivity contribution is 9.10. The van der Waals surface area contributed by atoms with Crippen LogP contribution in [0.2, 0.25) is 0 Å². The molecule has 4 N–H and O–H groups in total. The number of anilines is 1. The monoisotopic (exact) mass is 422 g/mol. The van der Waals surface area contributed by atoms with E-state index in [0.29, 0.717) is 16.9 Å². The number of nitrogens with zero attached hydrogens (tertiary/aromatic N) is 1. The fourth-order valence-corrected chi connectivity index (χ4v) is 3.33. The Labute approximate surface area is 162 Å². The van der Waals surface area contributed by atoms with E-state index in [-0.39, 0.29) is 11.0 Å². The van der Waals surface area contributed by atoms with Crippen LogP contribution in [0, 0.1) is 6.92 Å². The molecule has 0 atom stereocenters. The molecule has 134 valence electrons. The van der Waals surface area contributed by atoms with Crippen LogP contribution < -0.4 is 17.0 Å². The molecule has 27 heavy (non-hydrogen) atoms. The van der Waals surface area contributed by atoms with Crippen LogP contribution >= 0.6 is 15.9 Å². The van der Waals surface area contributed by atoms with Crippen LogP contribution in [0.1, 0.15) is 5.56 Å². The van der Waals surface area contributed by atoms with Crippen molar-refractivity contribution in [1.29, 1.82) is 0 Å². The summed E-state index contributed by atoms with van der Waals surface area (Å²) in [5.74, 6) is 0. The first-order chi connectivity index (χ1) is 12.9. The highest BCUT2D eigenvalue weighted by Crippen LogP contribution is 2.37. The molecule has 4 rings (SSSR count). The standard InChI is InChI=1S/C20H15BrN4O2/c1-10-2-4-11(5-3-10)14-15-18(24-20(27)25-19(15)26)23-17(16(14)22)12-6-8-13(21)9-7-12/h2-9H,22H2,1H3,(H2,23,24,25,26,27). The van der Waals surface area contributed by atoms with Crippen molar-refractivity contribution >= 4 is 32.7 Å². The number of halogens is 1. The Bertz CT molecular complexity index is 1270. The van der Waals surface area contributed by atoms with Crippen molar-refractivity contribution in [2.24, 2.45) is 0 Å². The van der Waals surface area contributed by atoms with Gasteiger partial charge in [0.2, 0.25) is 0 Å². The zero-order valence-corrected chi connectivity index (χ0v) is 15.9. The number of hydrogen-bond acceptors (Lipinski definition) is 4. The second-order valence-corrected chi connectivity index (χ2v) is 7.17. The van der Waals surface area contributed by atoms with E-state index >= 15 is 0 Å². The lowest BCUT2D eigenvalue weighted by atomic mass is 9.97. The molecule has 0 bridgehead atoms. The van der Waals surface area contributed by atoms with Crippen molar-refractivity contribution in [1.82, 2.24) is 15.0 Å². The lowest BCUT2D eigenvalue weighted by molar-refractivity contribution is 1.06. The smallest absolute Gasteiger partial charge is 0.327 e. The molecule has 0 saturated heterocycles. The maximum absolute atomic E-state index is 12.5. The number of hydrogen-bond donors (Lipinski definition) is 3. The van der Waals surface area contributed by atoms with Gasteiger partial charge in [-0.15, -0.1) is 0 Å². The predicted molar refractivity (Wildman–Crippen MR) is 111 cm³/mol. The number of pyridine rings is 1.